The Morgan fingerprint density at radius 3 is 2.44 bits per heavy atom. The van der Waals surface area contributed by atoms with Crippen LogP contribution in [0.2, 0.25) is 0 Å². The van der Waals surface area contributed by atoms with Crippen molar-refractivity contribution in [1.29, 1.82) is 0 Å². The molecule has 0 aliphatic rings. The Kier molecular flexibility index (Phi) is 3.76. The van der Waals surface area contributed by atoms with Gasteiger partial charge in [-0.15, -0.1) is 0 Å². The summed E-state index contributed by atoms with van der Waals surface area (Å²) in [6.45, 7) is 9.35. The van der Waals surface area contributed by atoms with E-state index in [1.807, 2.05) is 20.8 Å². The molecule has 2 nitrogen and oxygen atoms in total. The zero-order chi connectivity index (χ0) is 7.28. The van der Waals surface area contributed by atoms with Crippen LogP contribution >= 0.6 is 0 Å². The molecule has 2 heteroatoms. The van der Waals surface area contributed by atoms with Crippen molar-refractivity contribution in [2.45, 2.75) is 27.2 Å². The molecule has 0 heterocycles. The fourth-order valence-electron chi connectivity index (χ4n) is 0.220. The molecule has 0 saturated heterocycles. The Balaban J connectivity index is 3.50. The Hall–Kier alpha value is -0.790. The number of allylic oxidation sites excluding steroid dienone is 1. The maximum atomic E-state index is 4.85. The van der Waals surface area contributed by atoms with Gasteiger partial charge in [0.05, 0.1) is 5.71 Å². The van der Waals surface area contributed by atoms with Crippen LogP contribution < -0.4 is 0 Å². The van der Waals surface area contributed by atoms with E-state index in [0.29, 0.717) is 5.76 Å². The van der Waals surface area contributed by atoms with E-state index in [9.17, 15) is 0 Å². The molecule has 0 radical (unpaired) electrons. The fourth-order valence-corrected chi connectivity index (χ4v) is 0.220. The third kappa shape index (κ3) is 5.07. The lowest BCUT2D eigenvalue weighted by Gasteiger charge is -1.97. The maximum Gasteiger partial charge on any atom is 0.127 e. The highest BCUT2D eigenvalue weighted by atomic mass is 16.6. The third-order valence-electron chi connectivity index (χ3n) is 0.752. The summed E-state index contributed by atoms with van der Waals surface area (Å²) in [7, 11) is 0. The third-order valence-corrected chi connectivity index (χ3v) is 0.752. The van der Waals surface area contributed by atoms with Crippen molar-refractivity contribution in [3.63, 3.8) is 0 Å². The van der Waals surface area contributed by atoms with Gasteiger partial charge in [0.2, 0.25) is 0 Å². The summed E-state index contributed by atoms with van der Waals surface area (Å²) in [4.78, 5) is 4.85. The zero-order valence-electron chi connectivity index (χ0n) is 6.27. The highest BCUT2D eigenvalue weighted by Crippen LogP contribution is 1.98. The van der Waals surface area contributed by atoms with Crippen LogP contribution in [-0.2, 0) is 4.84 Å². The van der Waals surface area contributed by atoms with Gasteiger partial charge in [-0.3, -0.25) is 0 Å². The van der Waals surface area contributed by atoms with E-state index in [4.69, 9.17) is 4.84 Å². The molecule has 9 heavy (non-hydrogen) atoms. The second-order valence-electron chi connectivity index (χ2n) is 2.02. The largest absolute Gasteiger partial charge is 0.362 e. The van der Waals surface area contributed by atoms with Crippen LogP contribution in [0.4, 0.5) is 0 Å². The quantitative estimate of drug-likeness (QED) is 0.324. The van der Waals surface area contributed by atoms with Gasteiger partial charge in [-0.2, -0.15) is 0 Å². The van der Waals surface area contributed by atoms with Gasteiger partial charge in [0.15, 0.2) is 0 Å². The molecule has 0 aliphatic carbocycles. The predicted molar refractivity (Wildman–Crippen MR) is 39.3 cm³/mol. The smallest absolute Gasteiger partial charge is 0.127 e. The molecule has 0 fully saturated rings. The predicted octanol–water partition coefficient (Wildman–Crippen LogP) is 2.32. The first-order valence-corrected chi connectivity index (χ1v) is 3.02. The number of rotatable bonds is 3. The molecule has 52 valence electrons. The average Bonchev–Trinajstić information content (AvgIpc) is 1.83. The van der Waals surface area contributed by atoms with Gasteiger partial charge in [-0.1, -0.05) is 18.7 Å². The van der Waals surface area contributed by atoms with Crippen molar-refractivity contribution in [2.75, 3.05) is 0 Å². The van der Waals surface area contributed by atoms with Crippen LogP contribution in [0.3, 0.4) is 0 Å². The van der Waals surface area contributed by atoms with Gasteiger partial charge < -0.3 is 4.84 Å². The van der Waals surface area contributed by atoms with Crippen LogP contribution in [0.25, 0.3) is 0 Å². The minimum absolute atomic E-state index is 0.705. The van der Waals surface area contributed by atoms with Crippen LogP contribution in [0.1, 0.15) is 27.2 Å². The van der Waals surface area contributed by atoms with E-state index in [1.165, 1.54) is 0 Å². The second kappa shape index (κ2) is 4.13. The Labute approximate surface area is 56.2 Å². The van der Waals surface area contributed by atoms with E-state index in [-0.39, 0.29) is 0 Å². The normalized spacial score (nSPS) is 8.33. The van der Waals surface area contributed by atoms with Crippen molar-refractivity contribution in [1.82, 2.24) is 0 Å². The lowest BCUT2D eigenvalue weighted by molar-refractivity contribution is 0.220. The topological polar surface area (TPSA) is 21.6 Å². The van der Waals surface area contributed by atoms with Gasteiger partial charge in [0.1, 0.15) is 5.76 Å². The molecule has 0 saturated carbocycles. The van der Waals surface area contributed by atoms with Gasteiger partial charge in [-0.25, -0.2) is 0 Å². The van der Waals surface area contributed by atoms with Crippen LogP contribution in [-0.4, -0.2) is 5.71 Å². The summed E-state index contributed by atoms with van der Waals surface area (Å²) in [5, 5.41) is 3.71. The molecule has 0 aliphatic heterocycles. The lowest BCUT2D eigenvalue weighted by Crippen LogP contribution is -1.85. The molecule has 0 atom stereocenters. The summed E-state index contributed by atoms with van der Waals surface area (Å²) in [5.74, 6) is 0.705. The van der Waals surface area contributed by atoms with Gasteiger partial charge in [0.25, 0.3) is 0 Å². The van der Waals surface area contributed by atoms with Gasteiger partial charge >= 0.3 is 0 Å². The molecule has 0 rings (SSSR count). The molecule has 0 amide bonds. The molecular weight excluding hydrogens is 114 g/mol. The highest BCUT2D eigenvalue weighted by Gasteiger charge is 1.86. The zero-order valence-corrected chi connectivity index (χ0v) is 6.27. The van der Waals surface area contributed by atoms with E-state index < -0.39 is 0 Å². The second-order valence-corrected chi connectivity index (χ2v) is 2.02. The number of hydrogen-bond acceptors (Lipinski definition) is 2. The number of hydrogen-bond donors (Lipinski definition) is 0. The lowest BCUT2D eigenvalue weighted by atomic mass is 10.4. The molecule has 0 aromatic heterocycles. The summed E-state index contributed by atoms with van der Waals surface area (Å²) in [6.07, 6.45) is 0.816. The minimum Gasteiger partial charge on any atom is -0.362 e. The first kappa shape index (κ1) is 8.21. The van der Waals surface area contributed by atoms with E-state index in [1.54, 1.807) is 0 Å². The van der Waals surface area contributed by atoms with Crippen LogP contribution in [0, 0.1) is 0 Å². The van der Waals surface area contributed by atoms with Crippen molar-refractivity contribution in [3.05, 3.63) is 12.3 Å². The first-order valence-electron chi connectivity index (χ1n) is 3.02. The Morgan fingerprint density at radius 2 is 2.11 bits per heavy atom. The average molecular weight is 127 g/mol. The van der Waals surface area contributed by atoms with Gasteiger partial charge in [0, 0.05) is 6.42 Å². The minimum atomic E-state index is 0.705. The van der Waals surface area contributed by atoms with Crippen molar-refractivity contribution in [2.24, 2.45) is 5.16 Å². The molecule has 0 aromatic carbocycles. The van der Waals surface area contributed by atoms with Crippen molar-refractivity contribution < 1.29 is 4.84 Å². The standard InChI is InChI=1S/C7H13NO/c1-5-7(4)9-8-6(2)3/h4-5H2,1-3H3. The monoisotopic (exact) mass is 127 g/mol. The van der Waals surface area contributed by atoms with E-state index in [0.717, 1.165) is 12.1 Å². The van der Waals surface area contributed by atoms with Gasteiger partial charge in [-0.05, 0) is 13.8 Å². The summed E-state index contributed by atoms with van der Waals surface area (Å²) in [5.41, 5.74) is 0.907. The number of nitrogens with zero attached hydrogens (tertiary/aromatic N) is 1. The van der Waals surface area contributed by atoms with Crippen molar-refractivity contribution in [3.8, 4) is 0 Å². The van der Waals surface area contributed by atoms with Crippen LogP contribution in [0.5, 0.6) is 0 Å². The van der Waals surface area contributed by atoms with E-state index in [2.05, 4.69) is 11.7 Å². The first-order chi connectivity index (χ1) is 4.16. The maximum absolute atomic E-state index is 4.85. The van der Waals surface area contributed by atoms with Crippen LogP contribution in [0.15, 0.2) is 17.5 Å². The highest BCUT2D eigenvalue weighted by molar-refractivity contribution is 5.78. The molecule has 0 aromatic rings. The summed E-state index contributed by atoms with van der Waals surface area (Å²) >= 11 is 0. The molecule has 0 unspecified atom stereocenters. The van der Waals surface area contributed by atoms with E-state index >= 15 is 0 Å². The SMILES string of the molecule is C=C(CC)ON=C(C)C. The van der Waals surface area contributed by atoms with Crippen molar-refractivity contribution >= 4 is 5.71 Å². The Bertz CT molecular complexity index is 123. The molecule has 0 bridgehead atoms. The molecular formula is C7H13NO. The summed E-state index contributed by atoms with van der Waals surface area (Å²) < 4.78 is 0. The Morgan fingerprint density at radius 1 is 1.56 bits per heavy atom. The molecule has 0 N–H and O–H groups in total. The molecule has 0 spiro atoms. The summed E-state index contributed by atoms with van der Waals surface area (Å²) in [6, 6.07) is 0. The fraction of sp³-hybridized carbons (Fsp3) is 0.571. The number of oxime groups is 1.